The highest BCUT2D eigenvalue weighted by Gasteiger charge is 2.32. The Labute approximate surface area is 217 Å². The lowest BCUT2D eigenvalue weighted by Gasteiger charge is -2.12. The van der Waals surface area contributed by atoms with E-state index in [0.29, 0.717) is 16.7 Å². The monoisotopic (exact) mass is 524 g/mol. The molecule has 9 nitrogen and oxygen atoms in total. The number of aliphatic carboxylic acids is 1. The molecule has 0 spiro atoms. The van der Waals surface area contributed by atoms with Gasteiger partial charge in [0.1, 0.15) is 22.9 Å². The van der Waals surface area contributed by atoms with Gasteiger partial charge in [0.2, 0.25) is 5.91 Å². The van der Waals surface area contributed by atoms with Gasteiger partial charge in [0, 0.05) is 27.4 Å². The number of halogens is 1. The van der Waals surface area contributed by atoms with E-state index in [2.05, 4.69) is 41.2 Å². The van der Waals surface area contributed by atoms with Crippen molar-refractivity contribution in [3.05, 3.63) is 62.5 Å². The molecule has 186 valence electrons. The minimum absolute atomic E-state index is 0.00608. The minimum atomic E-state index is -1.12. The average Bonchev–Trinajstić information content (AvgIpc) is 3.31. The van der Waals surface area contributed by atoms with Gasteiger partial charge in [0.15, 0.2) is 5.82 Å². The Morgan fingerprint density at radius 2 is 1.94 bits per heavy atom. The zero-order valence-corrected chi connectivity index (χ0v) is 21.6. The predicted molar refractivity (Wildman–Crippen MR) is 139 cm³/mol. The number of nitrogens with two attached hydrogens (primary N) is 1. The SMILES string of the molecule is Cc1sc2c(c1C)C(c1ccc(Cl)cc1)=N[C@@H](CC(=O)NCC#CCC(N)C(=O)O)c1nnc(C)n1-2. The molecule has 4 N–H and O–H groups in total. The van der Waals surface area contributed by atoms with Crippen LogP contribution in [-0.2, 0) is 9.59 Å². The van der Waals surface area contributed by atoms with Crippen LogP contribution in [0.5, 0.6) is 0 Å². The van der Waals surface area contributed by atoms with E-state index >= 15 is 0 Å². The summed E-state index contributed by atoms with van der Waals surface area (Å²) in [6.45, 7) is 6.09. The molecule has 0 bridgehead atoms. The summed E-state index contributed by atoms with van der Waals surface area (Å²) in [5, 5.41) is 21.8. The van der Waals surface area contributed by atoms with Crippen LogP contribution in [0.4, 0.5) is 0 Å². The first-order valence-corrected chi connectivity index (χ1v) is 12.4. The smallest absolute Gasteiger partial charge is 0.321 e. The molecule has 1 unspecified atom stereocenters. The van der Waals surface area contributed by atoms with Crippen LogP contribution in [-0.4, -0.2) is 50.0 Å². The second-order valence-electron chi connectivity index (χ2n) is 8.39. The van der Waals surface area contributed by atoms with Gasteiger partial charge in [-0.2, -0.15) is 0 Å². The largest absolute Gasteiger partial charge is 0.480 e. The molecule has 36 heavy (non-hydrogen) atoms. The summed E-state index contributed by atoms with van der Waals surface area (Å²) >= 11 is 7.78. The van der Waals surface area contributed by atoms with Crippen molar-refractivity contribution in [2.45, 2.75) is 45.7 Å². The highest BCUT2D eigenvalue weighted by Crippen LogP contribution is 2.39. The number of hydrogen-bond acceptors (Lipinski definition) is 7. The number of benzene rings is 1. The summed E-state index contributed by atoms with van der Waals surface area (Å²) in [6, 6.07) is 5.85. The molecular weight excluding hydrogens is 500 g/mol. The van der Waals surface area contributed by atoms with Gasteiger partial charge < -0.3 is 16.2 Å². The van der Waals surface area contributed by atoms with E-state index in [-0.39, 0.29) is 25.3 Å². The van der Waals surface area contributed by atoms with Crippen molar-refractivity contribution in [1.29, 1.82) is 0 Å². The summed E-state index contributed by atoms with van der Waals surface area (Å²) in [7, 11) is 0. The summed E-state index contributed by atoms with van der Waals surface area (Å²) in [5.74, 6) is 5.33. The second kappa shape index (κ2) is 10.6. The number of thiophene rings is 1. The molecule has 1 amide bonds. The number of nitrogens with one attached hydrogen (secondary N) is 1. The number of aromatic nitrogens is 3. The number of carbonyl (C=O) groups is 2. The van der Waals surface area contributed by atoms with Crippen molar-refractivity contribution in [3.63, 3.8) is 0 Å². The molecular formula is C25H25ClN6O3S. The summed E-state index contributed by atoms with van der Waals surface area (Å²) in [4.78, 5) is 29.8. The molecule has 1 aliphatic rings. The van der Waals surface area contributed by atoms with Crippen LogP contribution in [0.15, 0.2) is 29.3 Å². The Balaban J connectivity index is 1.66. The first kappa shape index (κ1) is 25.6. The average molecular weight is 525 g/mol. The molecule has 2 aromatic heterocycles. The van der Waals surface area contributed by atoms with Gasteiger partial charge in [-0.15, -0.1) is 21.5 Å². The third-order valence-electron chi connectivity index (χ3n) is 5.87. The maximum atomic E-state index is 12.8. The Bertz CT molecular complexity index is 1410. The molecule has 2 atom stereocenters. The number of carboxylic acid groups (broad SMARTS) is 1. The lowest BCUT2D eigenvalue weighted by molar-refractivity contribution is -0.138. The number of carboxylic acids is 1. The standard InChI is InChI=1S/C25H25ClN6O3S/c1-13-14(2)36-24-21(13)22(16-7-9-17(26)10-8-16)29-19(23-31-30-15(3)32(23)24)12-20(33)28-11-5-4-6-18(27)25(34)35/h7-10,18-19H,6,11-12,27H2,1-3H3,(H,28,33)(H,34,35)/t18?,19-/m0/s1. The van der Waals surface area contributed by atoms with E-state index < -0.39 is 18.1 Å². The molecule has 0 saturated carbocycles. The van der Waals surface area contributed by atoms with E-state index in [0.717, 1.165) is 32.3 Å². The van der Waals surface area contributed by atoms with Crippen molar-refractivity contribution in [3.8, 4) is 16.8 Å². The first-order valence-electron chi connectivity index (χ1n) is 11.2. The second-order valence-corrected chi connectivity index (χ2v) is 10.0. The zero-order chi connectivity index (χ0) is 26.0. The Morgan fingerprint density at radius 1 is 1.22 bits per heavy atom. The number of amides is 1. The van der Waals surface area contributed by atoms with E-state index in [4.69, 9.17) is 27.4 Å². The Kier molecular flexibility index (Phi) is 7.54. The lowest BCUT2D eigenvalue weighted by atomic mass is 9.99. The number of aliphatic imine (C=N–C) groups is 1. The van der Waals surface area contributed by atoms with Crippen LogP contribution in [0.25, 0.3) is 5.00 Å². The van der Waals surface area contributed by atoms with E-state index in [1.54, 1.807) is 11.3 Å². The van der Waals surface area contributed by atoms with Crippen molar-refractivity contribution >= 4 is 40.5 Å². The van der Waals surface area contributed by atoms with Crippen LogP contribution in [0.2, 0.25) is 5.02 Å². The highest BCUT2D eigenvalue weighted by atomic mass is 35.5. The fraction of sp³-hybridized carbons (Fsp3) is 0.320. The summed E-state index contributed by atoms with van der Waals surface area (Å²) in [5.41, 5.74) is 9.21. The number of aryl methyl sites for hydroxylation is 2. The molecule has 0 saturated heterocycles. The van der Waals surface area contributed by atoms with Crippen molar-refractivity contribution < 1.29 is 14.7 Å². The third-order valence-corrected chi connectivity index (χ3v) is 7.32. The molecule has 1 aliphatic heterocycles. The van der Waals surface area contributed by atoms with Gasteiger partial charge in [0.05, 0.1) is 18.7 Å². The van der Waals surface area contributed by atoms with Crippen LogP contribution in [0.3, 0.4) is 0 Å². The lowest BCUT2D eigenvalue weighted by Crippen LogP contribution is -2.29. The number of carbonyl (C=O) groups excluding carboxylic acids is 1. The molecule has 1 aromatic carbocycles. The minimum Gasteiger partial charge on any atom is -0.480 e. The topological polar surface area (TPSA) is 135 Å². The predicted octanol–water partition coefficient (Wildman–Crippen LogP) is 3.11. The molecule has 11 heteroatoms. The van der Waals surface area contributed by atoms with Crippen LogP contribution in [0, 0.1) is 32.6 Å². The quantitative estimate of drug-likeness (QED) is 0.424. The van der Waals surface area contributed by atoms with Gasteiger partial charge in [-0.3, -0.25) is 19.1 Å². The van der Waals surface area contributed by atoms with E-state index in [1.165, 1.54) is 0 Å². The maximum absolute atomic E-state index is 12.8. The van der Waals surface area contributed by atoms with Crippen LogP contribution >= 0.6 is 22.9 Å². The maximum Gasteiger partial charge on any atom is 0.321 e. The van der Waals surface area contributed by atoms with Crippen molar-refractivity contribution in [1.82, 2.24) is 20.1 Å². The number of nitrogens with zero attached hydrogens (tertiary/aromatic N) is 4. The van der Waals surface area contributed by atoms with Crippen LogP contribution < -0.4 is 11.1 Å². The summed E-state index contributed by atoms with van der Waals surface area (Å²) in [6.07, 6.45) is 0.0463. The van der Waals surface area contributed by atoms with Crippen molar-refractivity contribution in [2.24, 2.45) is 10.7 Å². The molecule has 4 rings (SSSR count). The fourth-order valence-corrected chi connectivity index (χ4v) is 5.19. The van der Waals surface area contributed by atoms with E-state index in [1.807, 2.05) is 35.8 Å². The van der Waals surface area contributed by atoms with E-state index in [9.17, 15) is 9.59 Å². The van der Waals surface area contributed by atoms with Gasteiger partial charge >= 0.3 is 5.97 Å². The normalized spacial score (nSPS) is 15.0. The van der Waals surface area contributed by atoms with Gasteiger partial charge in [-0.25, -0.2) is 0 Å². The summed E-state index contributed by atoms with van der Waals surface area (Å²) < 4.78 is 1.98. The molecule has 3 aromatic rings. The fourth-order valence-electron chi connectivity index (χ4n) is 3.86. The van der Waals surface area contributed by atoms with Gasteiger partial charge in [-0.05, 0) is 38.5 Å². The third kappa shape index (κ3) is 5.18. The molecule has 0 radical (unpaired) electrons. The van der Waals surface area contributed by atoms with Crippen molar-refractivity contribution in [2.75, 3.05) is 6.54 Å². The molecule has 0 fully saturated rings. The number of fused-ring (bicyclic) bond motifs is 3. The Hall–Kier alpha value is -3.52. The zero-order valence-electron chi connectivity index (χ0n) is 20.0. The van der Waals surface area contributed by atoms with Crippen LogP contribution in [0.1, 0.15) is 52.1 Å². The molecule has 0 aliphatic carbocycles. The number of rotatable bonds is 6. The number of hydrogen-bond donors (Lipinski definition) is 3. The molecule has 3 heterocycles. The Morgan fingerprint density at radius 3 is 2.64 bits per heavy atom. The first-order chi connectivity index (χ1) is 17.2. The van der Waals surface area contributed by atoms with Gasteiger partial charge in [0.25, 0.3) is 0 Å². The highest BCUT2D eigenvalue weighted by molar-refractivity contribution is 7.15. The van der Waals surface area contributed by atoms with Gasteiger partial charge in [-0.1, -0.05) is 35.6 Å².